The minimum absolute atomic E-state index is 0.769. The Bertz CT molecular complexity index is 711. The Hall–Kier alpha value is -1.28. The molecule has 141 valence electrons. The Labute approximate surface area is 163 Å². The number of halogens is 1. The van der Waals surface area contributed by atoms with E-state index in [-0.39, 0.29) is 0 Å². The van der Waals surface area contributed by atoms with Gasteiger partial charge < -0.3 is 5.32 Å². The number of nitrogens with one attached hydrogen (secondary N) is 1. The van der Waals surface area contributed by atoms with Crippen molar-refractivity contribution >= 4 is 28.2 Å². The lowest BCUT2D eigenvalue weighted by atomic mass is 9.92. The second-order valence-corrected chi connectivity index (χ2v) is 7.97. The fraction of sp³-hybridized carbons (Fsp3) is 0.565. The summed E-state index contributed by atoms with van der Waals surface area (Å²) >= 11 is 6.20. The van der Waals surface area contributed by atoms with Crippen LogP contribution in [0.4, 0.5) is 5.69 Å². The lowest BCUT2D eigenvalue weighted by molar-refractivity contribution is 0.587. The Morgan fingerprint density at radius 1 is 0.962 bits per heavy atom. The molecule has 3 rings (SSSR count). The van der Waals surface area contributed by atoms with Gasteiger partial charge in [0.05, 0.1) is 5.52 Å². The predicted molar refractivity (Wildman–Crippen MR) is 114 cm³/mol. The molecule has 1 heterocycles. The van der Waals surface area contributed by atoms with E-state index in [0.717, 1.165) is 36.3 Å². The summed E-state index contributed by atoms with van der Waals surface area (Å²) in [7, 11) is 0. The van der Waals surface area contributed by atoms with Gasteiger partial charge >= 0.3 is 0 Å². The standard InChI is InChI=1S/C23H32ClN2/c1-2-3-4-5-6-7-8-11-16-25-23-19-12-9-10-13-21(19)26-22-17-18(24)14-15-20(22)23/h14-15,17H,1-13,16H2,(H,25,26). The largest absolute Gasteiger partial charge is 0.384 e. The van der Waals surface area contributed by atoms with Gasteiger partial charge in [0, 0.05) is 28.3 Å². The molecule has 0 aliphatic heterocycles. The van der Waals surface area contributed by atoms with Crippen molar-refractivity contribution in [2.75, 3.05) is 11.9 Å². The van der Waals surface area contributed by atoms with Gasteiger partial charge in [0.15, 0.2) is 0 Å². The molecule has 0 amide bonds. The maximum absolute atomic E-state index is 6.20. The number of aryl methyl sites for hydroxylation is 1. The highest BCUT2D eigenvalue weighted by molar-refractivity contribution is 6.31. The number of rotatable bonds is 10. The van der Waals surface area contributed by atoms with Crippen LogP contribution in [0.3, 0.4) is 0 Å². The van der Waals surface area contributed by atoms with Crippen LogP contribution >= 0.6 is 11.6 Å². The van der Waals surface area contributed by atoms with Gasteiger partial charge in [-0.3, -0.25) is 4.98 Å². The van der Waals surface area contributed by atoms with E-state index in [1.54, 1.807) is 0 Å². The van der Waals surface area contributed by atoms with Gasteiger partial charge in [-0.1, -0.05) is 63.5 Å². The van der Waals surface area contributed by atoms with Crippen molar-refractivity contribution in [2.24, 2.45) is 0 Å². The molecule has 1 aromatic carbocycles. The van der Waals surface area contributed by atoms with Crippen LogP contribution in [0.1, 0.15) is 75.5 Å². The summed E-state index contributed by atoms with van der Waals surface area (Å²) in [6.45, 7) is 4.96. The lowest BCUT2D eigenvalue weighted by Crippen LogP contribution is -2.12. The zero-order chi connectivity index (χ0) is 18.2. The van der Waals surface area contributed by atoms with Gasteiger partial charge in [-0.05, 0) is 55.9 Å². The van der Waals surface area contributed by atoms with E-state index in [2.05, 4.69) is 18.3 Å². The average Bonchev–Trinajstić information content (AvgIpc) is 2.65. The van der Waals surface area contributed by atoms with Gasteiger partial charge in [-0.15, -0.1) is 0 Å². The van der Waals surface area contributed by atoms with Crippen molar-refractivity contribution in [3.05, 3.63) is 41.4 Å². The maximum atomic E-state index is 6.20. The minimum atomic E-state index is 0.769. The molecule has 0 saturated carbocycles. The van der Waals surface area contributed by atoms with Crippen molar-refractivity contribution < 1.29 is 0 Å². The molecule has 1 aliphatic carbocycles. The molecule has 0 fully saturated rings. The van der Waals surface area contributed by atoms with Crippen LogP contribution in [-0.2, 0) is 12.8 Å². The van der Waals surface area contributed by atoms with Crippen LogP contribution in [0.5, 0.6) is 0 Å². The fourth-order valence-corrected chi connectivity index (χ4v) is 4.17. The number of nitrogens with zero attached hydrogens (tertiary/aromatic N) is 1. The van der Waals surface area contributed by atoms with Gasteiger partial charge in [-0.25, -0.2) is 0 Å². The summed E-state index contributed by atoms with van der Waals surface area (Å²) in [6.07, 6.45) is 15.1. The van der Waals surface area contributed by atoms with E-state index in [1.165, 1.54) is 80.1 Å². The molecule has 26 heavy (non-hydrogen) atoms. The van der Waals surface area contributed by atoms with Crippen molar-refractivity contribution in [1.29, 1.82) is 0 Å². The molecule has 2 aromatic rings. The molecule has 0 spiro atoms. The zero-order valence-electron chi connectivity index (χ0n) is 16.0. The van der Waals surface area contributed by atoms with Gasteiger partial charge in [-0.2, -0.15) is 0 Å². The first-order valence-electron chi connectivity index (χ1n) is 10.4. The van der Waals surface area contributed by atoms with Gasteiger partial charge in [0.1, 0.15) is 0 Å². The van der Waals surface area contributed by atoms with Crippen molar-refractivity contribution in [1.82, 2.24) is 4.98 Å². The molecule has 0 atom stereocenters. The number of benzene rings is 1. The van der Waals surface area contributed by atoms with E-state index in [9.17, 15) is 0 Å². The SMILES string of the molecule is [CH2]CCCCCCCCCNc1c2c(nc3cc(Cl)ccc13)CCCC2. The second-order valence-electron chi connectivity index (χ2n) is 7.54. The molecule has 0 unspecified atom stereocenters. The normalized spacial score (nSPS) is 13.8. The summed E-state index contributed by atoms with van der Waals surface area (Å²) in [6, 6.07) is 6.12. The number of anilines is 1. The number of pyridine rings is 1. The minimum Gasteiger partial charge on any atom is -0.384 e. The molecule has 2 nitrogen and oxygen atoms in total. The predicted octanol–water partition coefficient (Wildman–Crippen LogP) is 7.13. The fourth-order valence-electron chi connectivity index (χ4n) is 4.00. The highest BCUT2D eigenvalue weighted by Gasteiger charge is 2.18. The average molecular weight is 372 g/mol. The first-order chi connectivity index (χ1) is 12.8. The van der Waals surface area contributed by atoms with E-state index in [4.69, 9.17) is 16.6 Å². The quantitative estimate of drug-likeness (QED) is 0.449. The third-order valence-corrected chi connectivity index (χ3v) is 5.69. The highest BCUT2D eigenvalue weighted by atomic mass is 35.5. The summed E-state index contributed by atoms with van der Waals surface area (Å²) in [5, 5.41) is 5.75. The molecule has 3 heteroatoms. The smallest absolute Gasteiger partial charge is 0.0741 e. The summed E-state index contributed by atoms with van der Waals surface area (Å²) in [5.41, 5.74) is 5.07. The van der Waals surface area contributed by atoms with E-state index in [1.807, 2.05) is 12.1 Å². The molecular weight excluding hydrogens is 340 g/mol. The number of hydrogen-bond acceptors (Lipinski definition) is 2. The van der Waals surface area contributed by atoms with Crippen LogP contribution in [0.25, 0.3) is 10.9 Å². The molecule has 1 radical (unpaired) electrons. The van der Waals surface area contributed by atoms with Gasteiger partial charge in [0.25, 0.3) is 0 Å². The van der Waals surface area contributed by atoms with Crippen molar-refractivity contribution in [3.8, 4) is 0 Å². The third-order valence-electron chi connectivity index (χ3n) is 5.45. The maximum Gasteiger partial charge on any atom is 0.0741 e. The van der Waals surface area contributed by atoms with Crippen LogP contribution in [0.2, 0.25) is 5.02 Å². The Morgan fingerprint density at radius 3 is 2.50 bits per heavy atom. The number of fused-ring (bicyclic) bond motifs is 2. The first kappa shape index (κ1) is 19.5. The van der Waals surface area contributed by atoms with Gasteiger partial charge in [0.2, 0.25) is 0 Å². The topological polar surface area (TPSA) is 24.9 Å². The monoisotopic (exact) mass is 371 g/mol. The number of unbranched alkanes of at least 4 members (excludes halogenated alkanes) is 7. The van der Waals surface area contributed by atoms with Crippen LogP contribution < -0.4 is 5.32 Å². The van der Waals surface area contributed by atoms with E-state index < -0.39 is 0 Å². The van der Waals surface area contributed by atoms with Crippen LogP contribution in [-0.4, -0.2) is 11.5 Å². The number of hydrogen-bond donors (Lipinski definition) is 1. The molecule has 1 aliphatic rings. The molecule has 1 N–H and O–H groups in total. The third kappa shape index (κ3) is 5.13. The lowest BCUT2D eigenvalue weighted by Gasteiger charge is -2.22. The van der Waals surface area contributed by atoms with Crippen LogP contribution in [0, 0.1) is 6.92 Å². The summed E-state index contributed by atoms with van der Waals surface area (Å²) in [5.74, 6) is 0. The number of aromatic nitrogens is 1. The zero-order valence-corrected chi connectivity index (χ0v) is 16.7. The summed E-state index contributed by atoms with van der Waals surface area (Å²) in [4.78, 5) is 4.90. The van der Waals surface area contributed by atoms with Crippen molar-refractivity contribution in [2.45, 2.75) is 77.0 Å². The molecular formula is C23H32ClN2. The molecule has 1 aromatic heterocycles. The molecule has 0 saturated heterocycles. The Kier molecular flexibility index (Phi) is 7.61. The Balaban J connectivity index is 1.58. The molecule has 0 bridgehead atoms. The second kappa shape index (κ2) is 10.2. The van der Waals surface area contributed by atoms with Crippen molar-refractivity contribution in [3.63, 3.8) is 0 Å². The summed E-state index contributed by atoms with van der Waals surface area (Å²) < 4.78 is 0. The van der Waals surface area contributed by atoms with E-state index >= 15 is 0 Å². The van der Waals surface area contributed by atoms with Crippen LogP contribution in [0.15, 0.2) is 18.2 Å². The first-order valence-corrected chi connectivity index (χ1v) is 10.8. The van der Waals surface area contributed by atoms with E-state index in [0.29, 0.717) is 0 Å². The Morgan fingerprint density at radius 2 is 1.69 bits per heavy atom. The highest BCUT2D eigenvalue weighted by Crippen LogP contribution is 2.34.